The van der Waals surface area contributed by atoms with Crippen LogP contribution < -0.4 is 5.32 Å². The second-order valence-electron chi connectivity index (χ2n) is 6.39. The van der Waals surface area contributed by atoms with Crippen molar-refractivity contribution in [1.82, 2.24) is 4.98 Å². The maximum absolute atomic E-state index is 12.7. The summed E-state index contributed by atoms with van der Waals surface area (Å²) in [4.78, 5) is 38.7. The van der Waals surface area contributed by atoms with E-state index in [4.69, 9.17) is 4.74 Å². The van der Waals surface area contributed by atoms with Gasteiger partial charge in [0.25, 0.3) is 5.91 Å². The molecule has 1 aromatic rings. The first-order valence-electron chi connectivity index (χ1n) is 6.79. The minimum atomic E-state index is -1.25. The summed E-state index contributed by atoms with van der Waals surface area (Å²) >= 11 is 0.768. The first-order valence-corrected chi connectivity index (χ1v) is 7.61. The van der Waals surface area contributed by atoms with Gasteiger partial charge in [0.1, 0.15) is 6.20 Å². The van der Waals surface area contributed by atoms with Crippen LogP contribution in [0.4, 0.5) is 10.1 Å². The van der Waals surface area contributed by atoms with Crippen molar-refractivity contribution in [2.24, 2.45) is 10.8 Å². The summed E-state index contributed by atoms with van der Waals surface area (Å²) in [6, 6.07) is 0. The summed E-state index contributed by atoms with van der Waals surface area (Å²) in [6.07, 6.45) is 2.09. The van der Waals surface area contributed by atoms with Gasteiger partial charge in [0.2, 0.25) is 0 Å². The van der Waals surface area contributed by atoms with Crippen molar-refractivity contribution in [3.05, 3.63) is 16.3 Å². The maximum atomic E-state index is 12.7. The molecule has 2 aliphatic rings. The van der Waals surface area contributed by atoms with E-state index < -0.39 is 27.3 Å². The molecule has 0 aromatic carbocycles. The van der Waals surface area contributed by atoms with Crippen molar-refractivity contribution in [1.29, 1.82) is 0 Å². The lowest BCUT2D eigenvalue weighted by molar-refractivity contribution is -0.380. The Morgan fingerprint density at radius 3 is 2.59 bits per heavy atom. The van der Waals surface area contributed by atoms with Crippen molar-refractivity contribution in [2.75, 3.05) is 5.32 Å². The van der Waals surface area contributed by atoms with Gasteiger partial charge in [0.05, 0.1) is 10.3 Å². The van der Waals surface area contributed by atoms with Gasteiger partial charge in [-0.1, -0.05) is 13.8 Å². The summed E-state index contributed by atoms with van der Waals surface area (Å²) in [5.41, 5.74) is -2.61. The second-order valence-corrected chi connectivity index (χ2v) is 7.40. The van der Waals surface area contributed by atoms with Crippen LogP contribution >= 0.6 is 11.3 Å². The zero-order valence-corrected chi connectivity index (χ0v) is 13.2. The number of nitrogens with one attached hydrogen (secondary N) is 1. The van der Waals surface area contributed by atoms with Gasteiger partial charge in [0.15, 0.2) is 10.7 Å². The summed E-state index contributed by atoms with van der Waals surface area (Å²) in [6.45, 7) is 5.50. The molecule has 9 heteroatoms. The molecule has 2 atom stereocenters. The van der Waals surface area contributed by atoms with Gasteiger partial charge in [-0.05, 0) is 31.1 Å². The number of hydrogen-bond donors (Lipinski definition) is 1. The van der Waals surface area contributed by atoms with Gasteiger partial charge >= 0.3 is 11.0 Å². The number of anilines is 1. The maximum Gasteiger partial charge on any atom is 0.345 e. The monoisotopic (exact) mass is 325 g/mol. The molecule has 1 saturated carbocycles. The molecule has 0 spiro atoms. The number of carbonyl (C=O) groups excluding carboxylic acids is 2. The van der Waals surface area contributed by atoms with Crippen molar-refractivity contribution >= 4 is 33.3 Å². The van der Waals surface area contributed by atoms with Crippen LogP contribution in [0, 0.1) is 20.9 Å². The number of hydrogen-bond acceptors (Lipinski definition) is 7. The fraction of sp³-hybridized carbons (Fsp3) is 0.615. The second kappa shape index (κ2) is 4.25. The van der Waals surface area contributed by atoms with Crippen molar-refractivity contribution in [3.63, 3.8) is 0 Å². The van der Waals surface area contributed by atoms with Crippen molar-refractivity contribution < 1.29 is 19.2 Å². The van der Waals surface area contributed by atoms with Crippen molar-refractivity contribution in [3.8, 4) is 0 Å². The zero-order chi connectivity index (χ0) is 16.3. The molecule has 8 nitrogen and oxygen atoms in total. The number of thiazole rings is 1. The Kier molecular flexibility index (Phi) is 2.88. The lowest BCUT2D eigenvalue weighted by Gasteiger charge is -2.34. The lowest BCUT2D eigenvalue weighted by atomic mass is 9.66. The summed E-state index contributed by atoms with van der Waals surface area (Å²) in [7, 11) is 0. The van der Waals surface area contributed by atoms with Gasteiger partial charge in [-0.2, -0.15) is 0 Å². The van der Waals surface area contributed by atoms with Crippen molar-refractivity contribution in [2.45, 2.75) is 39.2 Å². The predicted molar refractivity (Wildman–Crippen MR) is 77.3 cm³/mol. The van der Waals surface area contributed by atoms with Gasteiger partial charge in [0, 0.05) is 5.41 Å². The minimum Gasteiger partial charge on any atom is -0.448 e. The SMILES string of the molecule is CC1(C)[C@@]2(C(=O)Nc3ncc([N+](=O)[O-])s3)CC[C@]1(C)C(=O)O2. The molecule has 0 unspecified atom stereocenters. The summed E-state index contributed by atoms with van der Waals surface area (Å²) < 4.78 is 5.45. The van der Waals surface area contributed by atoms with Crippen LogP contribution in [0.2, 0.25) is 0 Å². The lowest BCUT2D eigenvalue weighted by Crippen LogP contribution is -2.50. The predicted octanol–water partition coefficient (Wildman–Crippen LogP) is 2.11. The number of nitro groups is 1. The fourth-order valence-corrected chi connectivity index (χ4v) is 3.98. The third kappa shape index (κ3) is 1.59. The summed E-state index contributed by atoms with van der Waals surface area (Å²) in [5, 5.41) is 13.2. The van der Waals surface area contributed by atoms with Crippen LogP contribution in [0.5, 0.6) is 0 Å². The Labute approximate surface area is 130 Å². The normalized spacial score (nSPS) is 31.9. The first kappa shape index (κ1) is 14.9. The zero-order valence-electron chi connectivity index (χ0n) is 12.3. The smallest absolute Gasteiger partial charge is 0.345 e. The third-order valence-corrected chi connectivity index (χ3v) is 6.21. The van der Waals surface area contributed by atoms with E-state index in [9.17, 15) is 19.7 Å². The van der Waals surface area contributed by atoms with Gasteiger partial charge in [-0.3, -0.25) is 25.0 Å². The van der Waals surface area contributed by atoms with Crippen LogP contribution in [0.1, 0.15) is 33.6 Å². The molecule has 2 heterocycles. The Morgan fingerprint density at radius 1 is 1.45 bits per heavy atom. The molecule has 118 valence electrons. The largest absolute Gasteiger partial charge is 0.448 e. The molecule has 22 heavy (non-hydrogen) atoms. The van der Waals surface area contributed by atoms with Crippen LogP contribution in [0.3, 0.4) is 0 Å². The molecule has 1 amide bonds. The van der Waals surface area contributed by atoms with E-state index in [1.54, 1.807) is 0 Å². The highest BCUT2D eigenvalue weighted by atomic mass is 32.1. The Hall–Kier alpha value is -2.03. The molecule has 1 saturated heterocycles. The molecule has 2 fully saturated rings. The minimum absolute atomic E-state index is 0.124. The Morgan fingerprint density at radius 2 is 2.14 bits per heavy atom. The van der Waals surface area contributed by atoms with Crippen LogP contribution in [0.15, 0.2) is 6.20 Å². The van der Waals surface area contributed by atoms with Gasteiger partial charge in [-0.15, -0.1) is 0 Å². The number of ether oxygens (including phenoxy) is 1. The quantitative estimate of drug-likeness (QED) is 0.517. The number of rotatable bonds is 3. The number of amides is 1. The summed E-state index contributed by atoms with van der Waals surface area (Å²) in [5.74, 6) is -0.847. The first-order chi connectivity index (χ1) is 10.1. The Bertz CT molecular complexity index is 700. The van der Waals surface area contributed by atoms with E-state index in [1.165, 1.54) is 0 Å². The van der Waals surface area contributed by atoms with Crippen LogP contribution in [-0.2, 0) is 14.3 Å². The van der Waals surface area contributed by atoms with E-state index in [0.29, 0.717) is 12.8 Å². The van der Waals surface area contributed by atoms with Gasteiger partial charge in [-0.25, -0.2) is 4.98 Å². The van der Waals surface area contributed by atoms with E-state index in [-0.39, 0.29) is 16.1 Å². The number of carbonyl (C=O) groups is 2. The van der Waals surface area contributed by atoms with E-state index in [0.717, 1.165) is 17.5 Å². The molecule has 1 aromatic heterocycles. The standard InChI is InChI=1S/C13H15N3O5S/c1-11(2)12(3)4-5-13(11,21-9(12)18)8(17)15-10-14-6-7(22-10)16(19)20/h6H,4-5H2,1-3H3,(H,14,15,17)/t12-,13+/m1/s1. The molecule has 2 bridgehead atoms. The molecule has 1 N–H and O–H groups in total. The highest BCUT2D eigenvalue weighted by Crippen LogP contribution is 2.65. The molecule has 1 aliphatic carbocycles. The fourth-order valence-electron chi connectivity index (χ4n) is 3.35. The van der Waals surface area contributed by atoms with E-state index in [2.05, 4.69) is 10.3 Å². The topological polar surface area (TPSA) is 111 Å². The Balaban J connectivity index is 1.89. The average Bonchev–Trinajstić information content (AvgIpc) is 3.00. The number of fused-ring (bicyclic) bond motifs is 2. The highest BCUT2D eigenvalue weighted by Gasteiger charge is 2.75. The van der Waals surface area contributed by atoms with Crippen LogP contribution in [0.25, 0.3) is 0 Å². The average molecular weight is 325 g/mol. The molecule has 1 aliphatic heterocycles. The number of esters is 1. The number of nitrogens with zero attached hydrogens (tertiary/aromatic N) is 2. The van der Waals surface area contributed by atoms with Gasteiger partial charge < -0.3 is 4.74 Å². The van der Waals surface area contributed by atoms with E-state index in [1.807, 2.05) is 20.8 Å². The molecule has 0 radical (unpaired) electrons. The highest BCUT2D eigenvalue weighted by molar-refractivity contribution is 7.18. The van der Waals surface area contributed by atoms with Crippen LogP contribution in [-0.4, -0.2) is 27.4 Å². The third-order valence-electron chi connectivity index (χ3n) is 5.34. The number of aromatic nitrogens is 1. The molecule has 3 rings (SSSR count). The molecular formula is C13H15N3O5S. The molecular weight excluding hydrogens is 310 g/mol. The van der Waals surface area contributed by atoms with E-state index >= 15 is 0 Å².